The molecule has 1 aliphatic rings. The first-order valence-electron chi connectivity index (χ1n) is 8.40. The molecule has 1 fully saturated rings. The number of piperazine rings is 1. The van der Waals surface area contributed by atoms with Crippen LogP contribution in [-0.2, 0) is 7.05 Å². The van der Waals surface area contributed by atoms with Gasteiger partial charge < -0.3 is 14.5 Å². The molecular weight excluding hydrogens is 332 g/mol. The first kappa shape index (κ1) is 16.2. The van der Waals surface area contributed by atoms with Gasteiger partial charge in [-0.15, -0.1) is 0 Å². The normalized spacial score (nSPS) is 14.5. The maximum atomic E-state index is 5.18. The fraction of sp³-hybridized carbons (Fsp3) is 0.353. The number of ether oxygens (including phenoxy) is 1. The van der Waals surface area contributed by atoms with E-state index in [9.17, 15) is 0 Å². The summed E-state index contributed by atoms with van der Waals surface area (Å²) in [5.41, 5.74) is 1.80. The second-order valence-corrected chi connectivity index (χ2v) is 6.06. The van der Waals surface area contributed by atoms with E-state index >= 15 is 0 Å². The molecule has 4 rings (SSSR count). The van der Waals surface area contributed by atoms with Crippen molar-refractivity contribution < 1.29 is 4.74 Å². The van der Waals surface area contributed by atoms with Crippen molar-refractivity contribution in [2.24, 2.45) is 7.05 Å². The lowest BCUT2D eigenvalue weighted by molar-refractivity contribution is 0.396. The molecule has 3 aromatic heterocycles. The van der Waals surface area contributed by atoms with Crippen molar-refractivity contribution in [3.8, 4) is 17.1 Å². The van der Waals surface area contributed by atoms with Crippen LogP contribution in [0, 0.1) is 0 Å². The highest BCUT2D eigenvalue weighted by Gasteiger charge is 2.20. The van der Waals surface area contributed by atoms with Crippen LogP contribution >= 0.6 is 0 Å². The Kier molecular flexibility index (Phi) is 4.34. The van der Waals surface area contributed by atoms with Crippen molar-refractivity contribution in [3.63, 3.8) is 0 Å². The van der Waals surface area contributed by atoms with Gasteiger partial charge in [0.05, 0.1) is 31.4 Å². The minimum absolute atomic E-state index is 0.576. The highest BCUT2D eigenvalue weighted by atomic mass is 16.5. The molecule has 0 aliphatic carbocycles. The number of aryl methyl sites for hydroxylation is 1. The van der Waals surface area contributed by atoms with Gasteiger partial charge in [0.1, 0.15) is 18.0 Å². The van der Waals surface area contributed by atoms with Gasteiger partial charge in [0.2, 0.25) is 5.88 Å². The molecule has 0 saturated carbocycles. The van der Waals surface area contributed by atoms with Crippen LogP contribution in [0.3, 0.4) is 0 Å². The third-order valence-electron chi connectivity index (χ3n) is 4.39. The van der Waals surface area contributed by atoms with E-state index in [2.05, 4.69) is 29.9 Å². The van der Waals surface area contributed by atoms with E-state index in [0.29, 0.717) is 5.88 Å². The van der Waals surface area contributed by atoms with Gasteiger partial charge in [-0.1, -0.05) is 0 Å². The Labute approximate surface area is 151 Å². The molecule has 0 amide bonds. The van der Waals surface area contributed by atoms with Gasteiger partial charge in [0, 0.05) is 51.1 Å². The minimum atomic E-state index is 0.576. The molecule has 4 heterocycles. The Balaban J connectivity index is 1.46. The highest BCUT2D eigenvalue weighted by molar-refractivity contribution is 5.58. The summed E-state index contributed by atoms with van der Waals surface area (Å²) in [6.07, 6.45) is 8.85. The van der Waals surface area contributed by atoms with Crippen LogP contribution in [0.15, 0.2) is 37.2 Å². The van der Waals surface area contributed by atoms with E-state index in [0.717, 1.165) is 49.1 Å². The summed E-state index contributed by atoms with van der Waals surface area (Å²) >= 11 is 0. The van der Waals surface area contributed by atoms with E-state index in [-0.39, 0.29) is 0 Å². The summed E-state index contributed by atoms with van der Waals surface area (Å²) in [6.45, 7) is 3.38. The first-order chi connectivity index (χ1) is 12.7. The maximum absolute atomic E-state index is 5.18. The van der Waals surface area contributed by atoms with Crippen LogP contribution in [0.4, 0.5) is 11.6 Å². The molecule has 134 valence electrons. The second-order valence-electron chi connectivity index (χ2n) is 6.06. The lowest BCUT2D eigenvalue weighted by Gasteiger charge is -2.35. The van der Waals surface area contributed by atoms with Crippen LogP contribution in [0.2, 0.25) is 0 Å². The summed E-state index contributed by atoms with van der Waals surface area (Å²) < 4.78 is 6.94. The number of methoxy groups -OCH3 is 1. The van der Waals surface area contributed by atoms with Crippen LogP contribution in [0.5, 0.6) is 5.88 Å². The third-order valence-corrected chi connectivity index (χ3v) is 4.39. The number of hydrogen-bond donors (Lipinski definition) is 0. The maximum Gasteiger partial charge on any atom is 0.218 e. The van der Waals surface area contributed by atoms with E-state index < -0.39 is 0 Å². The molecule has 0 bridgehead atoms. The second kappa shape index (κ2) is 6.95. The molecular formula is C17H20N8O. The highest BCUT2D eigenvalue weighted by Crippen LogP contribution is 2.22. The Bertz CT molecular complexity index is 888. The lowest BCUT2D eigenvalue weighted by atomic mass is 10.2. The van der Waals surface area contributed by atoms with Crippen LogP contribution < -0.4 is 14.5 Å². The molecule has 0 aromatic carbocycles. The zero-order valence-corrected chi connectivity index (χ0v) is 14.8. The van der Waals surface area contributed by atoms with Gasteiger partial charge in [-0.3, -0.25) is 9.67 Å². The summed E-state index contributed by atoms with van der Waals surface area (Å²) in [5, 5.41) is 4.20. The number of aromatic nitrogens is 6. The van der Waals surface area contributed by atoms with Crippen molar-refractivity contribution in [3.05, 3.63) is 37.2 Å². The zero-order chi connectivity index (χ0) is 17.9. The number of anilines is 2. The summed E-state index contributed by atoms with van der Waals surface area (Å²) in [5.74, 6) is 2.34. The fourth-order valence-corrected chi connectivity index (χ4v) is 2.98. The molecule has 0 atom stereocenters. The summed E-state index contributed by atoms with van der Waals surface area (Å²) in [4.78, 5) is 22.0. The number of nitrogens with zero attached hydrogens (tertiary/aromatic N) is 8. The summed E-state index contributed by atoms with van der Waals surface area (Å²) in [6, 6.07) is 1.86. The Morgan fingerprint density at radius 2 is 1.73 bits per heavy atom. The molecule has 0 unspecified atom stereocenters. The molecule has 9 heteroatoms. The van der Waals surface area contributed by atoms with Crippen LogP contribution in [0.25, 0.3) is 11.3 Å². The van der Waals surface area contributed by atoms with Crippen LogP contribution in [-0.4, -0.2) is 63.0 Å². The quantitative estimate of drug-likeness (QED) is 0.688. The van der Waals surface area contributed by atoms with E-state index in [1.807, 2.05) is 25.5 Å². The average molecular weight is 352 g/mol. The molecule has 0 radical (unpaired) electrons. The topological polar surface area (TPSA) is 85.1 Å². The molecule has 3 aromatic rings. The molecule has 1 saturated heterocycles. The molecule has 1 aliphatic heterocycles. The fourth-order valence-electron chi connectivity index (χ4n) is 2.98. The van der Waals surface area contributed by atoms with Gasteiger partial charge in [-0.05, 0) is 0 Å². The molecule has 0 spiro atoms. The smallest absolute Gasteiger partial charge is 0.218 e. The van der Waals surface area contributed by atoms with Crippen molar-refractivity contribution in [1.29, 1.82) is 0 Å². The summed E-state index contributed by atoms with van der Waals surface area (Å²) in [7, 11) is 3.50. The van der Waals surface area contributed by atoms with E-state index in [4.69, 9.17) is 9.72 Å². The number of hydrogen-bond acceptors (Lipinski definition) is 8. The van der Waals surface area contributed by atoms with Crippen molar-refractivity contribution in [2.75, 3.05) is 43.1 Å². The first-order valence-corrected chi connectivity index (χ1v) is 8.40. The van der Waals surface area contributed by atoms with Gasteiger partial charge >= 0.3 is 0 Å². The third kappa shape index (κ3) is 3.28. The monoisotopic (exact) mass is 352 g/mol. The minimum Gasteiger partial charge on any atom is -0.481 e. The lowest BCUT2D eigenvalue weighted by Crippen LogP contribution is -2.47. The predicted octanol–water partition coefficient (Wildman–Crippen LogP) is 1.00. The van der Waals surface area contributed by atoms with Crippen LogP contribution in [0.1, 0.15) is 0 Å². The van der Waals surface area contributed by atoms with Crippen molar-refractivity contribution in [1.82, 2.24) is 29.7 Å². The molecule has 26 heavy (non-hydrogen) atoms. The largest absolute Gasteiger partial charge is 0.481 e. The van der Waals surface area contributed by atoms with E-state index in [1.165, 1.54) is 6.33 Å². The van der Waals surface area contributed by atoms with Gasteiger partial charge in [0.15, 0.2) is 0 Å². The van der Waals surface area contributed by atoms with Crippen molar-refractivity contribution in [2.45, 2.75) is 0 Å². The van der Waals surface area contributed by atoms with Gasteiger partial charge in [0.25, 0.3) is 0 Å². The van der Waals surface area contributed by atoms with Gasteiger partial charge in [-0.25, -0.2) is 15.0 Å². The van der Waals surface area contributed by atoms with Gasteiger partial charge in [-0.2, -0.15) is 5.10 Å². The van der Waals surface area contributed by atoms with Crippen molar-refractivity contribution >= 4 is 11.6 Å². The SMILES string of the molecule is COc1cc(N2CCN(c3cncc(-c4cnn(C)c4)n3)CC2)ncn1. The average Bonchev–Trinajstić information content (AvgIpc) is 3.15. The Hall–Kier alpha value is -3.23. The standard InChI is InChI=1S/C17H20N8O/c1-23-11-13(8-21-23)14-9-18-10-16(22-14)25-5-3-24(4-6-25)15-7-17(26-2)20-12-19-15/h7-12H,3-6H2,1-2H3. The number of rotatable bonds is 4. The predicted molar refractivity (Wildman–Crippen MR) is 97.2 cm³/mol. The molecule has 9 nitrogen and oxygen atoms in total. The Morgan fingerprint density at radius 1 is 0.962 bits per heavy atom. The molecule has 0 N–H and O–H groups in total. The van der Waals surface area contributed by atoms with E-state index in [1.54, 1.807) is 24.2 Å². The Morgan fingerprint density at radius 3 is 2.42 bits per heavy atom. The zero-order valence-electron chi connectivity index (χ0n) is 14.8.